The van der Waals surface area contributed by atoms with Gasteiger partial charge in [-0.25, -0.2) is 4.98 Å². The van der Waals surface area contributed by atoms with Crippen LogP contribution in [-0.4, -0.2) is 36.4 Å². The van der Waals surface area contributed by atoms with Crippen LogP contribution in [0.1, 0.15) is 35.3 Å². The number of fused-ring (bicyclic) bond motifs is 6. The topological polar surface area (TPSA) is 76.5 Å². The monoisotopic (exact) mass is 427 g/mol. The van der Waals surface area contributed by atoms with Gasteiger partial charge in [0, 0.05) is 34.2 Å². The van der Waals surface area contributed by atoms with Crippen LogP contribution >= 0.6 is 11.8 Å². The van der Waals surface area contributed by atoms with Crippen LogP contribution in [-0.2, 0) is 12.8 Å². The minimum atomic E-state index is 0.145. The predicted molar refractivity (Wildman–Crippen MR) is 124 cm³/mol. The highest BCUT2D eigenvalue weighted by molar-refractivity contribution is 7.99. The third-order valence-corrected chi connectivity index (χ3v) is 6.92. The number of nitrogens with zero attached hydrogens (tertiary/aromatic N) is 4. The Morgan fingerprint density at radius 1 is 1.00 bits per heavy atom. The van der Waals surface area contributed by atoms with Gasteiger partial charge in [0.15, 0.2) is 5.65 Å². The Labute approximate surface area is 183 Å². The van der Waals surface area contributed by atoms with Crippen molar-refractivity contribution in [1.82, 2.24) is 24.7 Å². The Bertz CT molecular complexity index is 1450. The predicted octanol–water partition coefficient (Wildman–Crippen LogP) is 5.16. The van der Waals surface area contributed by atoms with Crippen LogP contribution in [0, 0.1) is 0 Å². The van der Waals surface area contributed by atoms with Crippen molar-refractivity contribution < 1.29 is 4.79 Å². The molecule has 2 aromatic carbocycles. The van der Waals surface area contributed by atoms with Crippen molar-refractivity contribution in [2.24, 2.45) is 0 Å². The first-order valence-electron chi connectivity index (χ1n) is 10.7. The van der Waals surface area contributed by atoms with E-state index in [2.05, 4.69) is 38.4 Å². The van der Waals surface area contributed by atoms with Crippen LogP contribution in [0.15, 0.2) is 53.7 Å². The molecule has 6 nitrogen and oxygen atoms in total. The molecule has 5 aromatic rings. The van der Waals surface area contributed by atoms with Gasteiger partial charge in [-0.05, 0) is 43.4 Å². The molecule has 0 saturated carbocycles. The van der Waals surface area contributed by atoms with Crippen molar-refractivity contribution in [3.8, 4) is 0 Å². The van der Waals surface area contributed by atoms with Gasteiger partial charge in [-0.2, -0.15) is 0 Å². The number of nitrogens with one attached hydrogen (secondary N) is 1. The van der Waals surface area contributed by atoms with Gasteiger partial charge in [0.25, 0.3) is 0 Å². The van der Waals surface area contributed by atoms with E-state index < -0.39 is 0 Å². The minimum absolute atomic E-state index is 0.145. The highest BCUT2D eigenvalue weighted by atomic mass is 32.2. The molecule has 154 valence electrons. The van der Waals surface area contributed by atoms with Gasteiger partial charge in [-0.15, -0.1) is 10.2 Å². The lowest BCUT2D eigenvalue weighted by Gasteiger charge is -2.15. The summed E-state index contributed by atoms with van der Waals surface area (Å²) in [7, 11) is 0. The quantitative estimate of drug-likeness (QED) is 0.401. The molecule has 0 amide bonds. The van der Waals surface area contributed by atoms with E-state index in [1.807, 2.05) is 34.9 Å². The molecular weight excluding hydrogens is 406 g/mol. The number of aryl methyl sites for hydroxylation is 1. The molecular formula is C24H21N5OS. The minimum Gasteiger partial charge on any atom is -0.338 e. The standard InChI is InChI=1S/C24H21N5OS/c30-21(29-19-11-5-2-7-15(19)16-8-3-6-12-20(16)29)13-14-31-24-26-23-22(27-28-24)17-9-1-4-10-18(17)25-23/h1-2,4-5,7,9-11H,3,6,8,12-14H2,(H,25,26,28). The molecule has 0 atom stereocenters. The van der Waals surface area contributed by atoms with Crippen LogP contribution in [0.4, 0.5) is 0 Å². The first-order chi connectivity index (χ1) is 15.3. The molecule has 1 aliphatic rings. The van der Waals surface area contributed by atoms with Crippen LogP contribution in [0.2, 0.25) is 0 Å². The number of thioether (sulfide) groups is 1. The number of aromatic nitrogens is 5. The summed E-state index contributed by atoms with van der Waals surface area (Å²) in [6.07, 6.45) is 4.83. The molecule has 31 heavy (non-hydrogen) atoms. The van der Waals surface area contributed by atoms with Crippen LogP contribution in [0.5, 0.6) is 0 Å². The first kappa shape index (κ1) is 18.6. The Balaban J connectivity index is 1.23. The maximum Gasteiger partial charge on any atom is 0.232 e. The fraction of sp³-hybridized carbons (Fsp3) is 0.250. The lowest BCUT2D eigenvalue weighted by atomic mass is 9.95. The van der Waals surface area contributed by atoms with Crippen molar-refractivity contribution in [2.45, 2.75) is 37.3 Å². The number of carbonyl (C=O) groups is 1. The average molecular weight is 428 g/mol. The summed E-state index contributed by atoms with van der Waals surface area (Å²) < 4.78 is 1.96. The van der Waals surface area contributed by atoms with E-state index in [0.29, 0.717) is 17.3 Å². The van der Waals surface area contributed by atoms with Crippen molar-refractivity contribution in [2.75, 3.05) is 5.75 Å². The molecule has 7 heteroatoms. The van der Waals surface area contributed by atoms with Gasteiger partial charge in [-0.1, -0.05) is 48.2 Å². The number of aromatic amines is 1. The summed E-state index contributed by atoms with van der Waals surface area (Å²) in [6.45, 7) is 0. The number of benzene rings is 2. The number of hydrogen-bond acceptors (Lipinski definition) is 5. The van der Waals surface area contributed by atoms with Crippen LogP contribution in [0.25, 0.3) is 33.0 Å². The molecule has 3 aromatic heterocycles. The SMILES string of the molecule is O=C(CCSc1nnc2c(n1)[nH]c1ccccc12)n1c2c(c3ccccc31)CCCC2. The maximum atomic E-state index is 13.2. The van der Waals surface area contributed by atoms with E-state index in [9.17, 15) is 4.79 Å². The van der Waals surface area contributed by atoms with Crippen molar-refractivity contribution in [3.05, 3.63) is 59.8 Å². The highest BCUT2D eigenvalue weighted by Crippen LogP contribution is 2.32. The summed E-state index contributed by atoms with van der Waals surface area (Å²) in [5.41, 5.74) is 6.12. The van der Waals surface area contributed by atoms with E-state index in [0.717, 1.165) is 46.8 Å². The zero-order valence-corrected chi connectivity index (χ0v) is 17.8. The van der Waals surface area contributed by atoms with Gasteiger partial charge >= 0.3 is 0 Å². The number of para-hydroxylation sites is 2. The van der Waals surface area contributed by atoms with Gasteiger partial charge < -0.3 is 4.98 Å². The molecule has 6 rings (SSSR count). The van der Waals surface area contributed by atoms with Gasteiger partial charge in [0.2, 0.25) is 11.1 Å². The lowest BCUT2D eigenvalue weighted by Crippen LogP contribution is -2.16. The second-order valence-electron chi connectivity index (χ2n) is 7.94. The molecule has 1 N–H and O–H groups in total. The Kier molecular flexibility index (Phi) is 4.49. The lowest BCUT2D eigenvalue weighted by molar-refractivity contribution is 0.0912. The van der Waals surface area contributed by atoms with Gasteiger partial charge in [0.05, 0.1) is 5.52 Å². The number of rotatable bonds is 4. The largest absolute Gasteiger partial charge is 0.338 e. The third-order valence-electron chi connectivity index (χ3n) is 6.08. The summed E-state index contributed by atoms with van der Waals surface area (Å²) in [6, 6.07) is 16.3. The van der Waals surface area contributed by atoms with E-state index in [-0.39, 0.29) is 5.91 Å². The molecule has 0 bridgehead atoms. The van der Waals surface area contributed by atoms with Crippen LogP contribution < -0.4 is 0 Å². The molecule has 0 saturated heterocycles. The van der Waals surface area contributed by atoms with Gasteiger partial charge in [-0.3, -0.25) is 9.36 Å². The summed E-state index contributed by atoms with van der Waals surface area (Å²) >= 11 is 1.47. The number of hydrogen-bond donors (Lipinski definition) is 1. The molecule has 0 spiro atoms. The normalized spacial score (nSPS) is 13.8. The maximum absolute atomic E-state index is 13.2. The molecule has 0 unspecified atom stereocenters. The average Bonchev–Trinajstić information content (AvgIpc) is 3.34. The van der Waals surface area contributed by atoms with Crippen molar-refractivity contribution >= 4 is 50.6 Å². The first-order valence-corrected chi connectivity index (χ1v) is 11.7. The molecule has 0 radical (unpaired) electrons. The van der Waals surface area contributed by atoms with Crippen molar-refractivity contribution in [1.29, 1.82) is 0 Å². The molecule has 3 heterocycles. The summed E-state index contributed by atoms with van der Waals surface area (Å²) in [4.78, 5) is 21.1. The summed E-state index contributed by atoms with van der Waals surface area (Å²) in [5.74, 6) is 0.763. The smallest absolute Gasteiger partial charge is 0.232 e. The Morgan fingerprint density at radius 2 is 1.81 bits per heavy atom. The van der Waals surface area contributed by atoms with E-state index in [4.69, 9.17) is 0 Å². The number of H-pyrrole nitrogens is 1. The van der Waals surface area contributed by atoms with E-state index in [1.54, 1.807) is 0 Å². The molecule has 0 fully saturated rings. The second-order valence-corrected chi connectivity index (χ2v) is 9.00. The van der Waals surface area contributed by atoms with E-state index >= 15 is 0 Å². The highest BCUT2D eigenvalue weighted by Gasteiger charge is 2.23. The summed E-state index contributed by atoms with van der Waals surface area (Å²) in [5, 5.41) is 11.5. The van der Waals surface area contributed by atoms with Gasteiger partial charge in [0.1, 0.15) is 5.52 Å². The fourth-order valence-electron chi connectivity index (χ4n) is 4.69. The Morgan fingerprint density at radius 3 is 2.74 bits per heavy atom. The van der Waals surface area contributed by atoms with Crippen LogP contribution in [0.3, 0.4) is 0 Å². The number of carbonyl (C=O) groups excluding carboxylic acids is 1. The van der Waals surface area contributed by atoms with Crippen molar-refractivity contribution in [3.63, 3.8) is 0 Å². The van der Waals surface area contributed by atoms with E-state index in [1.165, 1.54) is 34.8 Å². The fourth-order valence-corrected chi connectivity index (χ4v) is 5.40. The molecule has 0 aliphatic heterocycles. The molecule has 1 aliphatic carbocycles. The Hall–Kier alpha value is -3.19. The zero-order chi connectivity index (χ0) is 20.8. The zero-order valence-electron chi connectivity index (χ0n) is 17.0. The third kappa shape index (κ3) is 3.11. The second kappa shape index (κ2) is 7.50.